The summed E-state index contributed by atoms with van der Waals surface area (Å²) in [6.45, 7) is 3.54. The van der Waals surface area contributed by atoms with Crippen molar-refractivity contribution in [1.29, 1.82) is 0 Å². The molecule has 0 spiro atoms. The van der Waals surface area contributed by atoms with Gasteiger partial charge in [0, 0.05) is 24.8 Å². The molecule has 1 saturated carbocycles. The number of nitrogens with zero attached hydrogens (tertiary/aromatic N) is 3. The lowest BCUT2D eigenvalue weighted by Crippen LogP contribution is -2.64. The van der Waals surface area contributed by atoms with Gasteiger partial charge in [-0.2, -0.15) is 4.98 Å². The van der Waals surface area contributed by atoms with Crippen LogP contribution in [-0.2, 0) is 12.1 Å². The molecule has 3 aromatic rings. The Hall–Kier alpha value is -2.77. The molecule has 7 rings (SSSR count). The summed E-state index contributed by atoms with van der Waals surface area (Å²) in [5.41, 5.74) is -0.417. The van der Waals surface area contributed by atoms with Crippen molar-refractivity contribution in [3.63, 3.8) is 0 Å². The van der Waals surface area contributed by atoms with Crippen molar-refractivity contribution in [2.75, 3.05) is 19.6 Å². The van der Waals surface area contributed by atoms with E-state index >= 15 is 0 Å². The normalized spacial score (nSPS) is 28.1. The second-order valence-corrected chi connectivity index (χ2v) is 11.1. The van der Waals surface area contributed by atoms with Crippen molar-refractivity contribution >= 4 is 0 Å². The van der Waals surface area contributed by atoms with Crippen LogP contribution in [0.4, 0.5) is 4.39 Å². The molecule has 4 heterocycles. The molecule has 1 aliphatic carbocycles. The van der Waals surface area contributed by atoms with Crippen LogP contribution in [0.15, 0.2) is 59.1 Å². The number of fused-ring (bicyclic) bond motifs is 3. The van der Waals surface area contributed by atoms with Gasteiger partial charge >= 0.3 is 0 Å². The lowest BCUT2D eigenvalue weighted by molar-refractivity contribution is -0.959. The number of hydrogen-bond acceptors (Lipinski definition) is 5. The molecule has 1 unspecified atom stereocenters. The van der Waals surface area contributed by atoms with Crippen LogP contribution in [0.2, 0.25) is 0 Å². The van der Waals surface area contributed by atoms with Crippen LogP contribution in [0.25, 0.3) is 0 Å². The first-order valence-electron chi connectivity index (χ1n) is 13.4. The highest BCUT2D eigenvalue weighted by atomic mass is 19.1. The van der Waals surface area contributed by atoms with Crippen LogP contribution < -0.4 is 4.74 Å². The lowest BCUT2D eigenvalue weighted by Gasteiger charge is -2.51. The van der Waals surface area contributed by atoms with Crippen molar-refractivity contribution in [3.8, 4) is 5.75 Å². The Morgan fingerprint density at radius 1 is 1.00 bits per heavy atom. The number of hydrogen-bond donors (Lipinski definition) is 1. The molecule has 2 atom stereocenters. The van der Waals surface area contributed by atoms with Gasteiger partial charge in [0.15, 0.2) is 18.2 Å². The highest BCUT2D eigenvalue weighted by Crippen LogP contribution is 2.43. The average Bonchev–Trinajstić information content (AvgIpc) is 3.38. The number of halogens is 1. The second kappa shape index (κ2) is 9.60. The zero-order chi connectivity index (χ0) is 24.6. The monoisotopic (exact) mass is 492 g/mol. The summed E-state index contributed by atoms with van der Waals surface area (Å²) in [5, 5.41) is 16.5. The fraction of sp³-hybridized carbons (Fsp3) is 0.517. The summed E-state index contributed by atoms with van der Waals surface area (Å²) in [5.74, 6) is 1.82. The Kier molecular flexibility index (Phi) is 6.30. The Morgan fingerprint density at radius 3 is 2.53 bits per heavy atom. The van der Waals surface area contributed by atoms with E-state index < -0.39 is 5.60 Å². The molecule has 4 fully saturated rings. The zero-order valence-electron chi connectivity index (χ0n) is 20.7. The molecular weight excluding hydrogens is 457 g/mol. The van der Waals surface area contributed by atoms with E-state index in [9.17, 15) is 9.50 Å². The maximum atomic E-state index is 13.7. The van der Waals surface area contributed by atoms with E-state index in [0.717, 1.165) is 68.2 Å². The first kappa shape index (κ1) is 23.6. The standard InChI is InChI=1S/C29H35FN3O3/c30-24-12-7-13-25(18-24)35-26-19-33(16-14-21(26)15-17-33)20-27-31-28(32-36-27)29(34,22-8-3-1-4-9-22)23-10-5-2-6-11-23/h1,3-4,7-9,12-13,18,21,23,26,34H,2,5-6,10-11,14-17,19-20H2/q+1/t21?,26?,29-,33?/m0/s1. The van der Waals surface area contributed by atoms with Gasteiger partial charge in [0.2, 0.25) is 5.82 Å². The molecule has 3 saturated heterocycles. The van der Waals surface area contributed by atoms with E-state index in [1.807, 2.05) is 36.4 Å². The molecule has 36 heavy (non-hydrogen) atoms. The van der Waals surface area contributed by atoms with Gasteiger partial charge in [-0.05, 0) is 36.5 Å². The van der Waals surface area contributed by atoms with E-state index in [1.165, 1.54) is 18.6 Å². The lowest BCUT2D eigenvalue weighted by atomic mass is 9.73. The summed E-state index contributed by atoms with van der Waals surface area (Å²) in [6, 6.07) is 16.2. The summed E-state index contributed by atoms with van der Waals surface area (Å²) in [6.07, 6.45) is 7.51. The van der Waals surface area contributed by atoms with Crippen molar-refractivity contribution in [1.82, 2.24) is 10.1 Å². The topological polar surface area (TPSA) is 68.4 Å². The Labute approximate surface area is 211 Å². The van der Waals surface area contributed by atoms with Crippen molar-refractivity contribution in [3.05, 3.63) is 77.7 Å². The molecule has 2 aromatic carbocycles. The highest BCUT2D eigenvalue weighted by molar-refractivity contribution is 5.30. The zero-order valence-corrected chi connectivity index (χ0v) is 20.7. The van der Waals surface area contributed by atoms with E-state index in [1.54, 1.807) is 6.07 Å². The minimum atomic E-state index is -1.25. The Balaban J connectivity index is 1.23. The molecule has 1 N–H and O–H groups in total. The number of quaternary nitrogens is 1. The van der Waals surface area contributed by atoms with Crippen molar-refractivity contribution in [2.24, 2.45) is 11.8 Å². The summed E-state index contributed by atoms with van der Waals surface area (Å²) < 4.78 is 26.6. The van der Waals surface area contributed by atoms with Crippen molar-refractivity contribution in [2.45, 2.75) is 63.2 Å². The number of aromatic nitrogens is 2. The Bertz CT molecular complexity index is 1170. The summed E-state index contributed by atoms with van der Waals surface area (Å²) in [7, 11) is 0. The van der Waals surface area contributed by atoms with E-state index in [-0.39, 0.29) is 17.8 Å². The second-order valence-electron chi connectivity index (χ2n) is 11.1. The van der Waals surface area contributed by atoms with Crippen LogP contribution in [-0.4, -0.2) is 45.5 Å². The van der Waals surface area contributed by atoms with Gasteiger partial charge in [0.05, 0.1) is 13.1 Å². The predicted molar refractivity (Wildman–Crippen MR) is 132 cm³/mol. The number of ether oxygens (including phenoxy) is 1. The molecule has 190 valence electrons. The largest absolute Gasteiger partial charge is 0.484 e. The van der Waals surface area contributed by atoms with Crippen LogP contribution >= 0.6 is 0 Å². The minimum absolute atomic E-state index is 0.0418. The number of piperidine rings is 3. The molecular formula is C29H35FN3O3+. The number of rotatable bonds is 7. The third-order valence-electron chi connectivity index (χ3n) is 8.81. The van der Waals surface area contributed by atoms with Crippen molar-refractivity contribution < 1.29 is 23.2 Å². The molecule has 1 aromatic heterocycles. The SMILES string of the molecule is O[C@](c1ccccc1)(c1noc(C[N+]23CCC(CC2)C(Oc2cccc(F)c2)C3)n1)C1CCCCC1. The van der Waals surface area contributed by atoms with Crippen LogP contribution in [0, 0.1) is 17.7 Å². The molecule has 2 bridgehead atoms. The first-order valence-corrected chi connectivity index (χ1v) is 13.4. The molecule has 0 radical (unpaired) electrons. The smallest absolute Gasteiger partial charge is 0.282 e. The number of aliphatic hydroxyl groups is 1. The summed E-state index contributed by atoms with van der Waals surface area (Å²) >= 11 is 0. The third-order valence-corrected chi connectivity index (χ3v) is 8.81. The number of benzene rings is 2. The minimum Gasteiger partial charge on any atom is -0.484 e. The predicted octanol–water partition coefficient (Wildman–Crippen LogP) is 5.21. The van der Waals surface area contributed by atoms with Gasteiger partial charge in [-0.3, -0.25) is 0 Å². The third kappa shape index (κ3) is 4.43. The van der Waals surface area contributed by atoms with Gasteiger partial charge in [-0.15, -0.1) is 0 Å². The molecule has 6 nitrogen and oxygen atoms in total. The molecule has 0 amide bonds. The molecule has 7 heteroatoms. The quantitative estimate of drug-likeness (QED) is 0.459. The van der Waals surface area contributed by atoms with Gasteiger partial charge in [-0.1, -0.05) is 60.8 Å². The van der Waals surface area contributed by atoms with Gasteiger partial charge in [-0.25, -0.2) is 4.39 Å². The summed E-state index contributed by atoms with van der Waals surface area (Å²) in [4.78, 5) is 4.83. The molecule has 3 aliphatic heterocycles. The van der Waals surface area contributed by atoms with E-state index in [2.05, 4.69) is 5.16 Å². The Morgan fingerprint density at radius 2 is 1.78 bits per heavy atom. The van der Waals surface area contributed by atoms with Crippen LogP contribution in [0.3, 0.4) is 0 Å². The fourth-order valence-electron chi connectivity index (χ4n) is 6.81. The van der Waals surface area contributed by atoms with Gasteiger partial charge < -0.3 is 18.8 Å². The maximum absolute atomic E-state index is 13.7. The van der Waals surface area contributed by atoms with Gasteiger partial charge in [0.1, 0.15) is 18.1 Å². The van der Waals surface area contributed by atoms with E-state index in [4.69, 9.17) is 14.2 Å². The van der Waals surface area contributed by atoms with Crippen LogP contribution in [0.1, 0.15) is 62.2 Å². The van der Waals surface area contributed by atoms with Gasteiger partial charge in [0.25, 0.3) is 5.89 Å². The first-order chi connectivity index (χ1) is 17.5. The fourth-order valence-corrected chi connectivity index (χ4v) is 6.81. The molecule has 4 aliphatic rings. The maximum Gasteiger partial charge on any atom is 0.282 e. The average molecular weight is 493 g/mol. The van der Waals surface area contributed by atoms with E-state index in [0.29, 0.717) is 29.9 Å². The highest BCUT2D eigenvalue weighted by Gasteiger charge is 2.49. The van der Waals surface area contributed by atoms with Crippen LogP contribution in [0.5, 0.6) is 5.75 Å².